The van der Waals surface area contributed by atoms with Gasteiger partial charge in [-0.25, -0.2) is 0 Å². The number of carbonyl (C=O) groups is 1. The van der Waals surface area contributed by atoms with Crippen LogP contribution in [0.5, 0.6) is 0 Å². The third-order valence-corrected chi connectivity index (χ3v) is 2.11. The minimum atomic E-state index is 0.123. The number of ketones is 1. The van der Waals surface area contributed by atoms with Crippen LogP contribution in [0.4, 0.5) is 0 Å². The van der Waals surface area contributed by atoms with E-state index < -0.39 is 0 Å². The Morgan fingerprint density at radius 2 is 2.33 bits per heavy atom. The predicted octanol–water partition coefficient (Wildman–Crippen LogP) is 0.652. The summed E-state index contributed by atoms with van der Waals surface area (Å²) >= 11 is 0. The van der Waals surface area contributed by atoms with E-state index in [-0.39, 0.29) is 12.3 Å². The van der Waals surface area contributed by atoms with Gasteiger partial charge in [-0.2, -0.15) is 0 Å². The fourth-order valence-corrected chi connectivity index (χ4v) is 1.52. The van der Waals surface area contributed by atoms with Gasteiger partial charge < -0.3 is 10.3 Å². The average Bonchev–Trinajstić information content (AvgIpc) is 2.49. The molecule has 0 radical (unpaired) electrons. The third kappa shape index (κ3) is 0.956. The van der Waals surface area contributed by atoms with Crippen LogP contribution in [-0.2, 0) is 13.0 Å². The molecule has 2 N–H and O–H groups in total. The Balaban J connectivity index is 2.50. The molecule has 1 aliphatic carbocycles. The Hall–Kier alpha value is -1.16. The molecule has 0 amide bonds. The molecule has 0 aliphatic heterocycles. The second-order valence-electron chi connectivity index (χ2n) is 2.91. The summed E-state index contributed by atoms with van der Waals surface area (Å²) in [6.07, 6.45) is 2.28. The Morgan fingerprint density at radius 3 is 3.08 bits per heavy atom. The van der Waals surface area contributed by atoms with Crippen LogP contribution in [0.1, 0.15) is 34.7 Å². The molecular weight excluding hydrogens is 156 g/mol. The number of hydrogen-bond donors (Lipinski definition) is 1. The topological polar surface area (TPSA) is 69.1 Å². The number of rotatable bonds is 1. The first-order chi connectivity index (χ1) is 5.83. The molecule has 12 heavy (non-hydrogen) atoms. The molecule has 4 nitrogen and oxygen atoms in total. The summed E-state index contributed by atoms with van der Waals surface area (Å²) in [7, 11) is 0. The van der Waals surface area contributed by atoms with E-state index in [0.29, 0.717) is 23.4 Å². The minimum absolute atomic E-state index is 0.123. The number of hydrogen-bond acceptors (Lipinski definition) is 4. The molecule has 1 aliphatic rings. The molecule has 0 bridgehead atoms. The van der Waals surface area contributed by atoms with Crippen LogP contribution in [0.3, 0.4) is 0 Å². The smallest absolute Gasteiger partial charge is 0.168 e. The van der Waals surface area contributed by atoms with Crippen LogP contribution >= 0.6 is 0 Å². The molecule has 1 heterocycles. The third-order valence-electron chi connectivity index (χ3n) is 2.11. The Morgan fingerprint density at radius 1 is 1.50 bits per heavy atom. The van der Waals surface area contributed by atoms with Crippen LogP contribution in [0.25, 0.3) is 0 Å². The van der Waals surface area contributed by atoms with Crippen molar-refractivity contribution in [2.24, 2.45) is 5.73 Å². The van der Waals surface area contributed by atoms with E-state index in [1.54, 1.807) is 0 Å². The zero-order valence-electron chi connectivity index (χ0n) is 6.67. The van der Waals surface area contributed by atoms with Crippen LogP contribution in [0.2, 0.25) is 0 Å². The van der Waals surface area contributed by atoms with E-state index >= 15 is 0 Å². The van der Waals surface area contributed by atoms with Crippen LogP contribution in [-0.4, -0.2) is 10.9 Å². The maximum absolute atomic E-state index is 11.4. The highest BCUT2D eigenvalue weighted by Gasteiger charge is 2.25. The SMILES string of the molecule is NCc1noc2c1C(=O)CCC2. The van der Waals surface area contributed by atoms with Crippen molar-refractivity contribution in [1.29, 1.82) is 0 Å². The van der Waals surface area contributed by atoms with Gasteiger partial charge in [0.25, 0.3) is 0 Å². The number of fused-ring (bicyclic) bond motifs is 1. The van der Waals surface area contributed by atoms with Gasteiger partial charge in [0.05, 0.1) is 5.56 Å². The van der Waals surface area contributed by atoms with Crippen molar-refractivity contribution in [2.45, 2.75) is 25.8 Å². The van der Waals surface area contributed by atoms with E-state index in [9.17, 15) is 4.79 Å². The lowest BCUT2D eigenvalue weighted by atomic mass is 9.95. The van der Waals surface area contributed by atoms with Gasteiger partial charge in [0, 0.05) is 19.4 Å². The number of nitrogens with zero attached hydrogens (tertiary/aromatic N) is 1. The number of aromatic nitrogens is 1. The molecule has 64 valence electrons. The molecule has 0 saturated carbocycles. The van der Waals surface area contributed by atoms with Gasteiger partial charge in [0.15, 0.2) is 5.78 Å². The van der Waals surface area contributed by atoms with Gasteiger partial charge in [0.1, 0.15) is 11.5 Å². The summed E-state index contributed by atoms with van der Waals surface area (Å²) in [6.45, 7) is 0.282. The second-order valence-corrected chi connectivity index (χ2v) is 2.91. The summed E-state index contributed by atoms with van der Waals surface area (Å²) in [5, 5.41) is 3.75. The van der Waals surface area contributed by atoms with Gasteiger partial charge >= 0.3 is 0 Å². The lowest BCUT2D eigenvalue weighted by Crippen LogP contribution is -2.12. The standard InChI is InChI=1S/C8H10N2O2/c9-4-5-8-6(11)2-1-3-7(8)12-10-5/h1-4,9H2. The summed E-state index contributed by atoms with van der Waals surface area (Å²) in [5.41, 5.74) is 6.65. The molecule has 4 heteroatoms. The lowest BCUT2D eigenvalue weighted by Gasteiger charge is -2.06. The molecule has 0 aromatic carbocycles. The highest BCUT2D eigenvalue weighted by atomic mass is 16.5. The number of nitrogens with two attached hydrogens (primary N) is 1. The fourth-order valence-electron chi connectivity index (χ4n) is 1.52. The highest BCUT2D eigenvalue weighted by Crippen LogP contribution is 2.23. The molecule has 0 fully saturated rings. The largest absolute Gasteiger partial charge is 0.360 e. The number of carbonyl (C=O) groups excluding carboxylic acids is 1. The lowest BCUT2D eigenvalue weighted by molar-refractivity contribution is 0.0968. The summed E-state index contributed by atoms with van der Waals surface area (Å²) in [5.74, 6) is 0.838. The Labute approximate surface area is 69.7 Å². The fraction of sp³-hybridized carbons (Fsp3) is 0.500. The number of aryl methyl sites for hydroxylation is 1. The first-order valence-electron chi connectivity index (χ1n) is 4.03. The average molecular weight is 166 g/mol. The van der Waals surface area contributed by atoms with Gasteiger partial charge in [-0.3, -0.25) is 4.79 Å². The molecule has 0 atom stereocenters. The van der Waals surface area contributed by atoms with Crippen molar-refractivity contribution >= 4 is 5.78 Å². The van der Waals surface area contributed by atoms with Gasteiger partial charge in [-0.15, -0.1) is 0 Å². The van der Waals surface area contributed by atoms with E-state index in [4.69, 9.17) is 10.3 Å². The molecule has 1 aromatic heterocycles. The van der Waals surface area contributed by atoms with Gasteiger partial charge in [0.2, 0.25) is 0 Å². The van der Waals surface area contributed by atoms with E-state index in [0.717, 1.165) is 12.8 Å². The van der Waals surface area contributed by atoms with Crippen LogP contribution in [0, 0.1) is 0 Å². The van der Waals surface area contributed by atoms with E-state index in [2.05, 4.69) is 5.16 Å². The Kier molecular flexibility index (Phi) is 1.69. The maximum Gasteiger partial charge on any atom is 0.168 e. The van der Waals surface area contributed by atoms with E-state index in [1.165, 1.54) is 0 Å². The zero-order valence-corrected chi connectivity index (χ0v) is 6.67. The quantitative estimate of drug-likeness (QED) is 0.665. The van der Waals surface area contributed by atoms with Crippen molar-refractivity contribution in [2.75, 3.05) is 0 Å². The first-order valence-corrected chi connectivity index (χ1v) is 4.03. The van der Waals surface area contributed by atoms with Crippen molar-refractivity contribution < 1.29 is 9.32 Å². The number of Topliss-reactive ketones (excluding diaryl/α,β-unsaturated/α-hetero) is 1. The summed E-state index contributed by atoms with van der Waals surface area (Å²) in [4.78, 5) is 11.4. The van der Waals surface area contributed by atoms with Crippen LogP contribution in [0.15, 0.2) is 4.52 Å². The van der Waals surface area contributed by atoms with Crippen molar-refractivity contribution in [3.63, 3.8) is 0 Å². The molecule has 1 aromatic rings. The maximum atomic E-state index is 11.4. The predicted molar refractivity (Wildman–Crippen MR) is 41.7 cm³/mol. The molecule has 0 unspecified atom stereocenters. The monoisotopic (exact) mass is 166 g/mol. The summed E-state index contributed by atoms with van der Waals surface area (Å²) < 4.78 is 5.00. The highest BCUT2D eigenvalue weighted by molar-refractivity contribution is 5.98. The summed E-state index contributed by atoms with van der Waals surface area (Å²) in [6, 6.07) is 0. The van der Waals surface area contributed by atoms with Gasteiger partial charge in [-0.1, -0.05) is 5.16 Å². The normalized spacial score (nSPS) is 16.2. The van der Waals surface area contributed by atoms with E-state index in [1.807, 2.05) is 0 Å². The second kappa shape index (κ2) is 2.71. The first kappa shape index (κ1) is 7.49. The molecule has 0 spiro atoms. The Bertz CT molecular complexity index is 303. The van der Waals surface area contributed by atoms with Crippen molar-refractivity contribution in [3.8, 4) is 0 Å². The van der Waals surface area contributed by atoms with Crippen molar-refractivity contribution in [3.05, 3.63) is 17.0 Å². The molecule has 2 rings (SSSR count). The van der Waals surface area contributed by atoms with Gasteiger partial charge in [-0.05, 0) is 6.42 Å². The van der Waals surface area contributed by atoms with Crippen LogP contribution < -0.4 is 5.73 Å². The minimum Gasteiger partial charge on any atom is -0.360 e. The molecule has 0 saturated heterocycles. The van der Waals surface area contributed by atoms with Crippen molar-refractivity contribution in [1.82, 2.24) is 5.16 Å². The molecular formula is C8H10N2O2. The zero-order chi connectivity index (χ0) is 8.55.